The predicted octanol–water partition coefficient (Wildman–Crippen LogP) is 4.13. The SMILES string of the molecule is CNc1c(C)cc(C)c2c1CN(C(=O)CC1CN(c3ccnc(C(F)(F)F)c3)C1)C2. The van der Waals surface area contributed by atoms with E-state index >= 15 is 0 Å². The lowest BCUT2D eigenvalue weighted by atomic mass is 9.95. The highest BCUT2D eigenvalue weighted by atomic mass is 19.4. The third-order valence-electron chi connectivity index (χ3n) is 6.09. The number of carbonyl (C=O) groups excluding carboxylic acids is 1. The minimum atomic E-state index is -4.45. The lowest BCUT2D eigenvalue weighted by molar-refractivity contribution is -0.141. The minimum Gasteiger partial charge on any atom is -0.388 e. The Morgan fingerprint density at radius 3 is 2.53 bits per heavy atom. The Morgan fingerprint density at radius 1 is 1.17 bits per heavy atom. The van der Waals surface area contributed by atoms with Crippen LogP contribution in [0, 0.1) is 19.8 Å². The fourth-order valence-electron chi connectivity index (χ4n) is 4.52. The first-order valence-electron chi connectivity index (χ1n) is 10.0. The molecule has 1 amide bonds. The van der Waals surface area contributed by atoms with Gasteiger partial charge in [0.1, 0.15) is 5.69 Å². The Hall–Kier alpha value is -2.77. The van der Waals surface area contributed by atoms with Crippen LogP contribution >= 0.6 is 0 Å². The largest absolute Gasteiger partial charge is 0.433 e. The summed E-state index contributed by atoms with van der Waals surface area (Å²) < 4.78 is 38.6. The van der Waals surface area contributed by atoms with Crippen LogP contribution < -0.4 is 10.2 Å². The topological polar surface area (TPSA) is 48.5 Å². The maximum Gasteiger partial charge on any atom is 0.433 e. The fourth-order valence-corrected chi connectivity index (χ4v) is 4.52. The first kappa shape index (κ1) is 20.5. The first-order chi connectivity index (χ1) is 14.2. The number of nitrogens with zero attached hydrogens (tertiary/aromatic N) is 3. The highest BCUT2D eigenvalue weighted by molar-refractivity contribution is 5.79. The Bertz CT molecular complexity index is 983. The monoisotopic (exact) mass is 418 g/mol. The standard InChI is InChI=1S/C22H25F3N4O/c1-13-6-14(2)21(26-3)18-12-29(11-17(13)18)20(30)7-15-9-28(10-15)16-4-5-27-19(8-16)22(23,24)25/h4-6,8,15,26H,7,9-12H2,1-3H3. The van der Waals surface area contributed by atoms with Crippen LogP contribution in [0.4, 0.5) is 24.5 Å². The number of alkyl halides is 3. The summed E-state index contributed by atoms with van der Waals surface area (Å²) in [6, 6.07) is 4.79. The number of amides is 1. The van der Waals surface area contributed by atoms with Gasteiger partial charge in [-0.05, 0) is 42.7 Å². The van der Waals surface area contributed by atoms with Gasteiger partial charge in [-0.15, -0.1) is 0 Å². The van der Waals surface area contributed by atoms with Crippen molar-refractivity contribution in [3.63, 3.8) is 0 Å². The molecule has 2 aromatic rings. The van der Waals surface area contributed by atoms with Crippen LogP contribution in [0.2, 0.25) is 0 Å². The van der Waals surface area contributed by atoms with Crippen LogP contribution in [0.25, 0.3) is 0 Å². The Balaban J connectivity index is 1.36. The highest BCUT2D eigenvalue weighted by Crippen LogP contribution is 2.36. The van der Waals surface area contributed by atoms with Crippen LogP contribution in [0.3, 0.4) is 0 Å². The molecule has 2 aliphatic rings. The molecule has 0 saturated carbocycles. The maximum atomic E-state index is 12.9. The summed E-state index contributed by atoms with van der Waals surface area (Å²) in [5.41, 5.74) is 5.48. The van der Waals surface area contributed by atoms with Crippen LogP contribution in [-0.4, -0.2) is 35.9 Å². The third kappa shape index (κ3) is 3.70. The molecule has 4 rings (SSSR count). The van der Waals surface area contributed by atoms with E-state index in [1.807, 2.05) is 16.8 Å². The molecule has 1 N–H and O–H groups in total. The lowest BCUT2D eigenvalue weighted by Crippen LogP contribution is -2.48. The van der Waals surface area contributed by atoms with Gasteiger partial charge >= 0.3 is 6.18 Å². The number of halogens is 3. The van der Waals surface area contributed by atoms with Crippen molar-refractivity contribution >= 4 is 17.3 Å². The smallest absolute Gasteiger partial charge is 0.388 e. The number of anilines is 2. The summed E-state index contributed by atoms with van der Waals surface area (Å²) in [6.07, 6.45) is -2.86. The highest BCUT2D eigenvalue weighted by Gasteiger charge is 2.36. The van der Waals surface area contributed by atoms with Crippen LogP contribution in [0.5, 0.6) is 0 Å². The lowest BCUT2D eigenvalue weighted by Gasteiger charge is -2.41. The number of aryl methyl sites for hydroxylation is 2. The van der Waals surface area contributed by atoms with Crippen LogP contribution in [-0.2, 0) is 24.1 Å². The van der Waals surface area contributed by atoms with Gasteiger partial charge in [-0.3, -0.25) is 9.78 Å². The first-order valence-corrected chi connectivity index (χ1v) is 10.0. The fraction of sp³-hybridized carbons (Fsp3) is 0.455. The summed E-state index contributed by atoms with van der Waals surface area (Å²) in [7, 11) is 1.90. The Morgan fingerprint density at radius 2 is 1.87 bits per heavy atom. The molecule has 0 unspecified atom stereocenters. The van der Waals surface area contributed by atoms with Gasteiger partial charge in [-0.2, -0.15) is 13.2 Å². The number of pyridine rings is 1. The minimum absolute atomic E-state index is 0.0978. The Kier molecular flexibility index (Phi) is 5.11. The van der Waals surface area contributed by atoms with Crippen molar-refractivity contribution in [3.05, 3.63) is 52.3 Å². The van der Waals surface area contributed by atoms with Crippen LogP contribution in [0.1, 0.15) is 34.4 Å². The van der Waals surface area contributed by atoms with E-state index in [-0.39, 0.29) is 11.8 Å². The molecule has 3 heterocycles. The normalized spacial score (nSPS) is 16.5. The number of hydrogen-bond acceptors (Lipinski definition) is 4. The van der Waals surface area contributed by atoms with E-state index in [4.69, 9.17) is 0 Å². The summed E-state index contributed by atoms with van der Waals surface area (Å²) >= 11 is 0. The molecular weight excluding hydrogens is 393 g/mol. The van der Waals surface area contributed by atoms with E-state index in [9.17, 15) is 18.0 Å². The van der Waals surface area contributed by atoms with Crippen molar-refractivity contribution < 1.29 is 18.0 Å². The average Bonchev–Trinajstić information content (AvgIpc) is 3.10. The summed E-state index contributed by atoms with van der Waals surface area (Å²) in [6.45, 7) is 6.51. The molecule has 0 aliphatic carbocycles. The predicted molar refractivity (Wildman–Crippen MR) is 109 cm³/mol. The second-order valence-electron chi connectivity index (χ2n) is 8.21. The van der Waals surface area contributed by atoms with Gasteiger partial charge in [0.05, 0.1) is 0 Å². The van der Waals surface area contributed by atoms with Crippen molar-refractivity contribution in [2.45, 2.75) is 39.5 Å². The zero-order chi connectivity index (χ0) is 21.6. The molecule has 0 radical (unpaired) electrons. The van der Waals surface area contributed by atoms with Crippen molar-refractivity contribution in [2.75, 3.05) is 30.4 Å². The molecular formula is C22H25F3N4O. The molecule has 1 aromatic carbocycles. The average molecular weight is 418 g/mol. The van der Waals surface area contributed by atoms with E-state index in [0.29, 0.717) is 38.3 Å². The second kappa shape index (κ2) is 7.49. The molecule has 2 aliphatic heterocycles. The van der Waals surface area contributed by atoms with Crippen molar-refractivity contribution in [2.24, 2.45) is 5.92 Å². The number of aromatic nitrogens is 1. The zero-order valence-electron chi connectivity index (χ0n) is 17.3. The second-order valence-corrected chi connectivity index (χ2v) is 8.21. The van der Waals surface area contributed by atoms with E-state index in [1.54, 1.807) is 6.07 Å². The summed E-state index contributed by atoms with van der Waals surface area (Å²) in [4.78, 5) is 20.0. The van der Waals surface area contributed by atoms with Gasteiger partial charge in [0.2, 0.25) is 5.91 Å². The number of nitrogens with one attached hydrogen (secondary N) is 1. The molecule has 1 fully saturated rings. The van der Waals surface area contributed by atoms with E-state index in [2.05, 4.69) is 30.2 Å². The molecule has 0 bridgehead atoms. The summed E-state index contributed by atoms with van der Waals surface area (Å²) in [5.74, 6) is 0.246. The molecule has 8 heteroatoms. The third-order valence-corrected chi connectivity index (χ3v) is 6.09. The molecule has 30 heavy (non-hydrogen) atoms. The molecule has 160 valence electrons. The van der Waals surface area contributed by atoms with Gasteiger partial charge in [-0.1, -0.05) is 6.07 Å². The number of hydrogen-bond donors (Lipinski definition) is 1. The van der Waals surface area contributed by atoms with Gasteiger partial charge in [0, 0.05) is 68.7 Å². The van der Waals surface area contributed by atoms with Crippen molar-refractivity contribution in [3.8, 4) is 0 Å². The van der Waals surface area contributed by atoms with Gasteiger partial charge < -0.3 is 15.1 Å². The molecule has 1 aromatic heterocycles. The Labute approximate surface area is 173 Å². The number of benzene rings is 1. The molecule has 5 nitrogen and oxygen atoms in total. The quantitative estimate of drug-likeness (QED) is 0.811. The van der Waals surface area contributed by atoms with Crippen molar-refractivity contribution in [1.29, 1.82) is 0 Å². The van der Waals surface area contributed by atoms with E-state index in [0.717, 1.165) is 11.8 Å². The molecule has 0 spiro atoms. The van der Waals surface area contributed by atoms with Gasteiger partial charge in [0.15, 0.2) is 0 Å². The summed E-state index contributed by atoms with van der Waals surface area (Å²) in [5, 5.41) is 3.25. The van der Waals surface area contributed by atoms with Crippen LogP contribution in [0.15, 0.2) is 24.4 Å². The van der Waals surface area contributed by atoms with Crippen molar-refractivity contribution in [1.82, 2.24) is 9.88 Å². The molecule has 0 atom stereocenters. The molecule has 1 saturated heterocycles. The van der Waals surface area contributed by atoms with E-state index < -0.39 is 11.9 Å². The van der Waals surface area contributed by atoms with E-state index in [1.165, 1.54) is 28.5 Å². The number of rotatable bonds is 4. The number of fused-ring (bicyclic) bond motifs is 1. The number of carbonyl (C=O) groups is 1. The van der Waals surface area contributed by atoms with Gasteiger partial charge in [0.25, 0.3) is 0 Å². The van der Waals surface area contributed by atoms with Gasteiger partial charge in [-0.25, -0.2) is 0 Å². The maximum absolute atomic E-state index is 12.9. The zero-order valence-corrected chi connectivity index (χ0v) is 17.3.